The van der Waals surface area contributed by atoms with E-state index in [9.17, 15) is 9.35 Å². The molecule has 0 fully saturated rings. The number of halogens is 1. The van der Waals surface area contributed by atoms with Crippen molar-refractivity contribution in [2.75, 3.05) is 25.6 Å². The fourth-order valence-electron chi connectivity index (χ4n) is 1.70. The van der Waals surface area contributed by atoms with Crippen molar-refractivity contribution in [2.24, 2.45) is 0 Å². The van der Waals surface area contributed by atoms with Gasteiger partial charge in [-0.2, -0.15) is 0 Å². The molecule has 1 heterocycles. The van der Waals surface area contributed by atoms with Gasteiger partial charge in [0.25, 0.3) is 0 Å². The van der Waals surface area contributed by atoms with E-state index >= 15 is 0 Å². The van der Waals surface area contributed by atoms with Crippen LogP contribution in [0.1, 0.15) is 0 Å². The number of nitrogens with zero attached hydrogens (tertiary/aromatic N) is 1. The summed E-state index contributed by atoms with van der Waals surface area (Å²) in [7, 11) is 1.93. The quantitative estimate of drug-likeness (QED) is 0.630. The van der Waals surface area contributed by atoms with Gasteiger partial charge >= 0.3 is 5.97 Å². The second-order valence-corrected chi connectivity index (χ2v) is 5.61. The van der Waals surface area contributed by atoms with Crippen LogP contribution in [0, 0.1) is 0 Å². The van der Waals surface area contributed by atoms with E-state index in [1.54, 1.807) is 18.2 Å². The molecule has 6 heteroatoms. The van der Waals surface area contributed by atoms with E-state index in [-0.39, 0.29) is 0 Å². The number of carbonyl (C=O) groups is 1. The van der Waals surface area contributed by atoms with E-state index in [0.29, 0.717) is 21.3 Å². The summed E-state index contributed by atoms with van der Waals surface area (Å²) in [5, 5.41) is 0.606. The summed E-state index contributed by atoms with van der Waals surface area (Å²) >= 11 is 5.91. The third-order valence-electron chi connectivity index (χ3n) is 2.57. The van der Waals surface area contributed by atoms with Crippen molar-refractivity contribution < 1.29 is 14.1 Å². The monoisotopic (exact) mass is 273 g/mol. The van der Waals surface area contributed by atoms with Crippen LogP contribution in [0.15, 0.2) is 23.1 Å². The van der Waals surface area contributed by atoms with E-state index < -0.39 is 16.7 Å². The highest BCUT2D eigenvalue weighted by Gasteiger charge is 2.25. The molecule has 0 saturated carbocycles. The Morgan fingerprint density at radius 2 is 2.29 bits per heavy atom. The lowest BCUT2D eigenvalue weighted by Gasteiger charge is -2.28. The molecule has 0 aliphatic carbocycles. The summed E-state index contributed by atoms with van der Waals surface area (Å²) in [6.07, 6.45) is 0. The first kappa shape index (κ1) is 12.4. The van der Waals surface area contributed by atoms with Crippen LogP contribution in [0.3, 0.4) is 0 Å². The molecule has 2 rings (SSSR count). The fraction of sp³-hybridized carbons (Fsp3) is 0.273. The van der Waals surface area contributed by atoms with E-state index in [4.69, 9.17) is 11.6 Å². The van der Waals surface area contributed by atoms with Gasteiger partial charge in [0.2, 0.25) is 0 Å². The zero-order valence-corrected chi connectivity index (χ0v) is 11.0. The third-order valence-corrected chi connectivity index (χ3v) is 4.33. The van der Waals surface area contributed by atoms with Gasteiger partial charge in [-0.05, 0) is 29.0 Å². The van der Waals surface area contributed by atoms with Gasteiger partial charge in [-0.3, -0.25) is 0 Å². The molecule has 4 nitrogen and oxygen atoms in total. The Kier molecular flexibility index (Phi) is 3.42. The number of rotatable bonds is 1. The molecule has 0 spiro atoms. The molecule has 0 saturated heterocycles. The maximum atomic E-state index is 11.5. The lowest BCUT2D eigenvalue weighted by Crippen LogP contribution is -2.34. The Hall–Kier alpha value is -1.04. The first-order valence-electron chi connectivity index (χ1n) is 4.92. The minimum Gasteiger partial charge on any atom is -0.465 e. The smallest absolute Gasteiger partial charge is 0.343 e. The van der Waals surface area contributed by atoms with Crippen molar-refractivity contribution in [3.05, 3.63) is 23.2 Å². The van der Waals surface area contributed by atoms with E-state index in [1.807, 2.05) is 11.9 Å². The minimum absolute atomic E-state index is 0.347. The number of hydrogen-bond acceptors (Lipinski definition) is 4. The van der Waals surface area contributed by atoms with Crippen LogP contribution in [0.25, 0.3) is 0 Å². The summed E-state index contributed by atoms with van der Waals surface area (Å²) in [5.41, 5.74) is 0.844. The zero-order valence-electron chi connectivity index (χ0n) is 9.44. The third kappa shape index (κ3) is 2.18. The molecule has 0 aromatic heterocycles. The maximum absolute atomic E-state index is 11.5. The number of methoxy groups -OCH3 is 1. The highest BCUT2D eigenvalue weighted by molar-refractivity contribution is 8.12. The molecule has 1 aromatic rings. The van der Waals surface area contributed by atoms with Crippen molar-refractivity contribution in [3.8, 4) is 0 Å². The van der Waals surface area contributed by atoms with E-state index in [2.05, 4.69) is 4.74 Å². The predicted octanol–water partition coefficient (Wildman–Crippen LogP) is 2.24. The number of ether oxygens (including phenoxy) is 1. The molecule has 1 atom stereocenters. The van der Waals surface area contributed by atoms with E-state index in [1.165, 1.54) is 7.11 Å². The lowest BCUT2D eigenvalue weighted by molar-refractivity contribution is -0.132. The van der Waals surface area contributed by atoms with Crippen molar-refractivity contribution in [2.45, 2.75) is 4.90 Å². The number of benzene rings is 1. The average molecular weight is 274 g/mol. The molecule has 1 aliphatic heterocycles. The van der Waals surface area contributed by atoms with Crippen LogP contribution in [0.5, 0.6) is 0 Å². The van der Waals surface area contributed by atoms with Crippen LogP contribution >= 0.6 is 22.4 Å². The molecule has 0 bridgehead atoms. The Labute approximate surface area is 107 Å². The molecule has 1 unspecified atom stereocenters. The van der Waals surface area contributed by atoms with Gasteiger partial charge in [0.05, 0.1) is 24.2 Å². The highest BCUT2D eigenvalue weighted by atomic mass is 35.5. The molecule has 1 N–H and O–H groups in total. The summed E-state index contributed by atoms with van der Waals surface area (Å²) in [5.74, 6) is -0.469. The second kappa shape index (κ2) is 4.68. The largest absolute Gasteiger partial charge is 0.465 e. The lowest BCUT2D eigenvalue weighted by atomic mass is 10.2. The highest BCUT2D eigenvalue weighted by Crippen LogP contribution is 2.39. The van der Waals surface area contributed by atoms with Crippen molar-refractivity contribution in [1.29, 1.82) is 0 Å². The Morgan fingerprint density at radius 1 is 1.59 bits per heavy atom. The van der Waals surface area contributed by atoms with Crippen LogP contribution in [-0.4, -0.2) is 36.1 Å². The van der Waals surface area contributed by atoms with Gasteiger partial charge in [0, 0.05) is 12.1 Å². The van der Waals surface area contributed by atoms with Crippen LogP contribution < -0.4 is 4.90 Å². The number of anilines is 1. The van der Waals surface area contributed by atoms with Gasteiger partial charge in [0.15, 0.2) is 0 Å². The molecule has 17 heavy (non-hydrogen) atoms. The number of esters is 1. The Bertz CT molecular complexity index is 515. The number of hydrogen-bond donors (Lipinski definition) is 1. The van der Waals surface area contributed by atoms with Crippen molar-refractivity contribution >= 4 is 38.9 Å². The van der Waals surface area contributed by atoms with Gasteiger partial charge < -0.3 is 14.2 Å². The van der Waals surface area contributed by atoms with Crippen LogP contribution in [0.4, 0.5) is 5.69 Å². The molecule has 1 aliphatic rings. The first-order valence-corrected chi connectivity index (χ1v) is 6.48. The predicted molar refractivity (Wildman–Crippen MR) is 70.2 cm³/mol. The van der Waals surface area contributed by atoms with Gasteiger partial charge in [0.1, 0.15) is 4.86 Å². The second-order valence-electron chi connectivity index (χ2n) is 3.67. The first-order chi connectivity index (χ1) is 8.04. The fourth-order valence-corrected chi connectivity index (χ4v) is 3.30. The van der Waals surface area contributed by atoms with Gasteiger partial charge in [-0.15, -0.1) is 0 Å². The Morgan fingerprint density at radius 3 is 2.94 bits per heavy atom. The van der Waals surface area contributed by atoms with Crippen LogP contribution in [-0.2, 0) is 9.53 Å². The summed E-state index contributed by atoms with van der Waals surface area (Å²) < 4.78 is 14.8. The minimum atomic E-state index is -1.22. The molecular weight excluding hydrogens is 262 g/mol. The molecule has 92 valence electrons. The SMILES string of the molecule is COC(=O)C1=S(O)c2ccc(Cl)cc2N(C)C1. The summed E-state index contributed by atoms with van der Waals surface area (Å²) in [6.45, 7) is 0.347. The Balaban J connectivity index is 2.57. The molecule has 0 radical (unpaired) electrons. The average Bonchev–Trinajstić information content (AvgIpc) is 2.32. The standard InChI is InChI=1S/C11H12ClNO3S/c1-13-6-10(11(14)16-2)17(15)9-4-3-7(12)5-8(9)13/h3-5,15H,6H2,1-2H3. The number of fused-ring (bicyclic) bond motifs is 1. The van der Waals surface area contributed by atoms with Crippen molar-refractivity contribution in [1.82, 2.24) is 0 Å². The van der Waals surface area contributed by atoms with E-state index in [0.717, 1.165) is 5.69 Å². The number of carbonyl (C=O) groups excluding carboxylic acids is 1. The molecule has 1 aromatic carbocycles. The molecular formula is C11H12ClNO3S. The van der Waals surface area contributed by atoms with Crippen molar-refractivity contribution in [3.63, 3.8) is 0 Å². The van der Waals surface area contributed by atoms with Gasteiger partial charge in [-0.25, -0.2) is 4.79 Å². The normalized spacial score (nSPS) is 18.9. The topological polar surface area (TPSA) is 49.8 Å². The zero-order chi connectivity index (χ0) is 12.6. The summed E-state index contributed by atoms with van der Waals surface area (Å²) in [6, 6.07) is 5.21. The van der Waals surface area contributed by atoms with Crippen LogP contribution in [0.2, 0.25) is 5.02 Å². The molecule has 0 amide bonds. The maximum Gasteiger partial charge on any atom is 0.343 e. The summed E-state index contributed by atoms with van der Waals surface area (Å²) in [4.78, 5) is 14.5. The van der Waals surface area contributed by atoms with Gasteiger partial charge in [-0.1, -0.05) is 11.6 Å².